The first-order valence-electron chi connectivity index (χ1n) is 1.75. The molecule has 0 aromatic carbocycles. The predicted molar refractivity (Wildman–Crippen MR) is 27.1 cm³/mol. The average Bonchev–Trinajstić information content (AvgIpc) is 1.35. The zero-order valence-corrected chi connectivity index (χ0v) is 4.81. The number of halogens is 1. The largest absolute Gasteiger partial charge is 0.346 e. The van der Waals surface area contributed by atoms with Crippen LogP contribution in [0.5, 0.6) is 0 Å². The standard InChI is InChI=1S/C3H8O3.ClH/c1-2-6-3(4)5;/h3-5H,2H2,1H3;1H. The molecule has 0 heterocycles. The molecule has 46 valence electrons. The van der Waals surface area contributed by atoms with E-state index in [1.165, 1.54) is 0 Å². The van der Waals surface area contributed by atoms with Gasteiger partial charge in [-0.1, -0.05) is 0 Å². The fourth-order valence-electron chi connectivity index (χ4n) is 0.149. The molecule has 4 heteroatoms. The zero-order chi connectivity index (χ0) is 4.99. The van der Waals surface area contributed by atoms with Crippen LogP contribution in [-0.4, -0.2) is 23.3 Å². The minimum absolute atomic E-state index is 0. The fourth-order valence-corrected chi connectivity index (χ4v) is 0.149. The van der Waals surface area contributed by atoms with Crippen LogP contribution in [0.3, 0.4) is 0 Å². The van der Waals surface area contributed by atoms with E-state index < -0.39 is 6.48 Å². The molecular weight excluding hydrogens is 119 g/mol. The Labute approximate surface area is 48.3 Å². The molecule has 0 aromatic heterocycles. The Hall–Kier alpha value is 0.170. The quantitative estimate of drug-likeness (QED) is 0.503. The molecule has 0 rings (SSSR count). The Morgan fingerprint density at radius 3 is 2.00 bits per heavy atom. The third-order valence-electron chi connectivity index (χ3n) is 0.316. The molecule has 0 amide bonds. The van der Waals surface area contributed by atoms with Gasteiger partial charge in [-0.25, -0.2) is 0 Å². The fraction of sp³-hybridized carbons (Fsp3) is 1.00. The molecular formula is C3H9ClO3. The van der Waals surface area contributed by atoms with Gasteiger partial charge in [-0.15, -0.1) is 12.4 Å². The summed E-state index contributed by atoms with van der Waals surface area (Å²) in [6, 6.07) is 0. The highest BCUT2D eigenvalue weighted by Gasteiger charge is 1.87. The maximum atomic E-state index is 7.89. The van der Waals surface area contributed by atoms with Crippen molar-refractivity contribution < 1.29 is 14.9 Å². The number of rotatable bonds is 2. The molecule has 0 aliphatic rings. The van der Waals surface area contributed by atoms with E-state index in [1.807, 2.05) is 0 Å². The van der Waals surface area contributed by atoms with E-state index in [-0.39, 0.29) is 12.4 Å². The molecule has 7 heavy (non-hydrogen) atoms. The lowest BCUT2D eigenvalue weighted by Crippen LogP contribution is -2.08. The van der Waals surface area contributed by atoms with E-state index >= 15 is 0 Å². The van der Waals surface area contributed by atoms with E-state index in [9.17, 15) is 0 Å². The highest BCUT2D eigenvalue weighted by molar-refractivity contribution is 5.85. The van der Waals surface area contributed by atoms with Crippen molar-refractivity contribution >= 4 is 12.4 Å². The Balaban J connectivity index is 0. The zero-order valence-electron chi connectivity index (χ0n) is 4.00. The van der Waals surface area contributed by atoms with Crippen molar-refractivity contribution in [2.45, 2.75) is 13.4 Å². The molecule has 0 fully saturated rings. The van der Waals surface area contributed by atoms with Crippen LogP contribution in [-0.2, 0) is 4.74 Å². The Kier molecular flexibility index (Phi) is 9.00. The Bertz CT molecular complexity index is 31.4. The van der Waals surface area contributed by atoms with Gasteiger partial charge in [0.1, 0.15) is 0 Å². The highest BCUT2D eigenvalue weighted by Crippen LogP contribution is 1.74. The predicted octanol–water partition coefficient (Wildman–Crippen LogP) is -0.287. The molecule has 2 N–H and O–H groups in total. The summed E-state index contributed by atoms with van der Waals surface area (Å²) >= 11 is 0. The SMILES string of the molecule is CCOC(O)O.Cl. The van der Waals surface area contributed by atoms with Gasteiger partial charge >= 0.3 is 0 Å². The first kappa shape index (κ1) is 10.2. The number of hydrogen-bond acceptors (Lipinski definition) is 3. The van der Waals surface area contributed by atoms with Crippen molar-refractivity contribution in [1.29, 1.82) is 0 Å². The van der Waals surface area contributed by atoms with Crippen LogP contribution >= 0.6 is 12.4 Å². The summed E-state index contributed by atoms with van der Waals surface area (Å²) in [6.45, 7) is 0.409. The first-order chi connectivity index (χ1) is 2.77. The summed E-state index contributed by atoms with van der Waals surface area (Å²) in [6.07, 6.45) is 0. The van der Waals surface area contributed by atoms with Crippen LogP contribution in [0.1, 0.15) is 6.92 Å². The van der Waals surface area contributed by atoms with Crippen molar-refractivity contribution in [3.8, 4) is 0 Å². The third kappa shape index (κ3) is 10.7. The van der Waals surface area contributed by atoms with Crippen molar-refractivity contribution in [3.05, 3.63) is 0 Å². The number of aliphatic hydroxyl groups is 2. The van der Waals surface area contributed by atoms with Crippen LogP contribution in [0, 0.1) is 0 Å². The minimum Gasteiger partial charge on any atom is -0.346 e. The smallest absolute Gasteiger partial charge is 0.266 e. The summed E-state index contributed by atoms with van der Waals surface area (Å²) in [5.41, 5.74) is 0. The third-order valence-corrected chi connectivity index (χ3v) is 0.316. The summed E-state index contributed by atoms with van der Waals surface area (Å²) in [4.78, 5) is 0. The normalized spacial score (nSPS) is 8.57. The second kappa shape index (κ2) is 6.17. The molecule has 0 bridgehead atoms. The molecule has 0 saturated carbocycles. The number of ether oxygens (including phenoxy) is 1. The molecule has 0 atom stereocenters. The maximum absolute atomic E-state index is 7.89. The first-order valence-corrected chi connectivity index (χ1v) is 1.75. The lowest BCUT2D eigenvalue weighted by Gasteiger charge is -1.98. The van der Waals surface area contributed by atoms with Gasteiger partial charge in [0.25, 0.3) is 6.48 Å². The van der Waals surface area contributed by atoms with Crippen molar-refractivity contribution in [3.63, 3.8) is 0 Å². The van der Waals surface area contributed by atoms with Gasteiger partial charge in [-0.3, -0.25) is 0 Å². The molecule has 0 aliphatic heterocycles. The lowest BCUT2D eigenvalue weighted by molar-refractivity contribution is -0.231. The van der Waals surface area contributed by atoms with Gasteiger partial charge in [0.15, 0.2) is 0 Å². The van der Waals surface area contributed by atoms with E-state index in [2.05, 4.69) is 4.74 Å². The minimum atomic E-state index is -1.60. The molecule has 0 saturated heterocycles. The summed E-state index contributed by atoms with van der Waals surface area (Å²) in [5, 5.41) is 15.8. The lowest BCUT2D eigenvalue weighted by atomic mass is 10.9. The van der Waals surface area contributed by atoms with Gasteiger partial charge in [0, 0.05) is 6.61 Å². The number of aliphatic hydroxyl groups excluding tert-OH is 1. The van der Waals surface area contributed by atoms with Gasteiger partial charge < -0.3 is 14.9 Å². The average molecular weight is 129 g/mol. The van der Waals surface area contributed by atoms with Crippen LogP contribution in [0.15, 0.2) is 0 Å². The second-order valence-electron chi connectivity index (χ2n) is 0.782. The molecule has 0 aliphatic carbocycles. The van der Waals surface area contributed by atoms with Crippen LogP contribution in [0.2, 0.25) is 0 Å². The number of hydrogen-bond donors (Lipinski definition) is 2. The molecule has 0 aromatic rings. The van der Waals surface area contributed by atoms with Gasteiger partial charge in [0.2, 0.25) is 0 Å². The molecule has 0 unspecified atom stereocenters. The molecule has 0 radical (unpaired) electrons. The Morgan fingerprint density at radius 2 is 2.00 bits per heavy atom. The highest BCUT2D eigenvalue weighted by atomic mass is 35.5. The van der Waals surface area contributed by atoms with Gasteiger partial charge in [-0.05, 0) is 6.92 Å². The van der Waals surface area contributed by atoms with E-state index in [0.717, 1.165) is 0 Å². The summed E-state index contributed by atoms with van der Waals surface area (Å²) in [5.74, 6) is 0. The second-order valence-corrected chi connectivity index (χ2v) is 0.782. The monoisotopic (exact) mass is 128 g/mol. The van der Waals surface area contributed by atoms with Crippen LogP contribution in [0.25, 0.3) is 0 Å². The summed E-state index contributed by atoms with van der Waals surface area (Å²) in [7, 11) is 0. The Morgan fingerprint density at radius 1 is 1.57 bits per heavy atom. The van der Waals surface area contributed by atoms with Gasteiger partial charge in [0.05, 0.1) is 0 Å². The van der Waals surface area contributed by atoms with Crippen molar-refractivity contribution in [1.82, 2.24) is 0 Å². The molecule has 3 nitrogen and oxygen atoms in total. The maximum Gasteiger partial charge on any atom is 0.266 e. The van der Waals surface area contributed by atoms with Gasteiger partial charge in [-0.2, -0.15) is 0 Å². The van der Waals surface area contributed by atoms with E-state index in [1.54, 1.807) is 6.92 Å². The summed E-state index contributed by atoms with van der Waals surface area (Å²) < 4.78 is 4.15. The van der Waals surface area contributed by atoms with E-state index in [0.29, 0.717) is 6.61 Å². The molecule has 0 spiro atoms. The van der Waals surface area contributed by atoms with Crippen LogP contribution < -0.4 is 0 Å². The van der Waals surface area contributed by atoms with Crippen molar-refractivity contribution in [2.24, 2.45) is 0 Å². The topological polar surface area (TPSA) is 49.7 Å². The van der Waals surface area contributed by atoms with E-state index in [4.69, 9.17) is 10.2 Å². The van der Waals surface area contributed by atoms with Crippen molar-refractivity contribution in [2.75, 3.05) is 6.61 Å². The van der Waals surface area contributed by atoms with Crippen LogP contribution in [0.4, 0.5) is 0 Å².